The normalized spacial score (nSPS) is 24.2. The molecule has 6 nitrogen and oxygen atoms in total. The third kappa shape index (κ3) is 3.79. The number of ether oxygens (including phenoxy) is 1. The first-order valence-corrected chi connectivity index (χ1v) is 9.66. The van der Waals surface area contributed by atoms with Crippen LogP contribution in [0, 0.1) is 6.92 Å². The van der Waals surface area contributed by atoms with Gasteiger partial charge in [0, 0.05) is 31.9 Å². The highest BCUT2D eigenvalue weighted by Gasteiger charge is 2.30. The van der Waals surface area contributed by atoms with E-state index in [1.807, 2.05) is 18.7 Å². The van der Waals surface area contributed by atoms with Crippen molar-refractivity contribution in [3.63, 3.8) is 0 Å². The third-order valence-electron chi connectivity index (χ3n) is 4.12. The van der Waals surface area contributed by atoms with E-state index < -0.39 is 0 Å². The summed E-state index contributed by atoms with van der Waals surface area (Å²) in [4.78, 5) is 18.1. The Bertz CT molecular complexity index is 505. The zero-order chi connectivity index (χ0) is 15.4. The van der Waals surface area contributed by atoms with Crippen LogP contribution in [0.5, 0.6) is 0 Å². The number of hydrogen-bond acceptors (Lipinski definition) is 7. The first-order valence-electron chi connectivity index (χ1n) is 7.73. The summed E-state index contributed by atoms with van der Waals surface area (Å²) in [6, 6.07) is 0.264. The van der Waals surface area contributed by atoms with E-state index in [9.17, 15) is 4.79 Å². The van der Waals surface area contributed by atoms with E-state index in [4.69, 9.17) is 4.74 Å². The number of nitrogens with zero attached hydrogens (tertiary/aromatic N) is 4. The number of rotatable bonds is 3. The van der Waals surface area contributed by atoms with Gasteiger partial charge in [0.2, 0.25) is 0 Å². The van der Waals surface area contributed by atoms with Crippen molar-refractivity contribution < 1.29 is 9.53 Å². The summed E-state index contributed by atoms with van der Waals surface area (Å²) in [7, 11) is 0. The van der Waals surface area contributed by atoms with Gasteiger partial charge in [-0.1, -0.05) is 4.49 Å². The predicted molar refractivity (Wildman–Crippen MR) is 88.7 cm³/mol. The molecular formula is C14H22N4O2S2. The maximum atomic E-state index is 12.9. The molecule has 1 amide bonds. The molecule has 1 aromatic rings. The minimum Gasteiger partial charge on any atom is -0.379 e. The average Bonchev–Trinajstić information content (AvgIpc) is 2.83. The Morgan fingerprint density at radius 1 is 1.36 bits per heavy atom. The molecule has 22 heavy (non-hydrogen) atoms. The fourth-order valence-corrected chi connectivity index (χ4v) is 4.56. The molecule has 0 spiro atoms. The van der Waals surface area contributed by atoms with Crippen LogP contribution in [0.1, 0.15) is 21.8 Å². The van der Waals surface area contributed by atoms with Gasteiger partial charge >= 0.3 is 0 Å². The molecule has 2 saturated heterocycles. The van der Waals surface area contributed by atoms with Crippen molar-refractivity contribution in [3.05, 3.63) is 10.6 Å². The fourth-order valence-electron chi connectivity index (χ4n) is 2.89. The summed E-state index contributed by atoms with van der Waals surface area (Å²) >= 11 is 3.17. The standard InChI is InChI=1S/C14H22N4O2S2/c1-11-13(22-16-15-11)14(19)18-3-2-8-21-10-12(18)9-17-4-6-20-7-5-17/h12H,2-10H2,1H3/t12-/m1/s1. The fraction of sp³-hybridized carbons (Fsp3) is 0.786. The number of amides is 1. The maximum absolute atomic E-state index is 12.9. The van der Waals surface area contributed by atoms with Gasteiger partial charge in [-0.05, 0) is 30.6 Å². The molecule has 0 radical (unpaired) electrons. The van der Waals surface area contributed by atoms with E-state index in [0.29, 0.717) is 4.88 Å². The summed E-state index contributed by atoms with van der Waals surface area (Å²) in [6.45, 7) is 7.15. The van der Waals surface area contributed by atoms with Crippen LogP contribution < -0.4 is 0 Å². The van der Waals surface area contributed by atoms with E-state index in [1.165, 1.54) is 11.5 Å². The molecule has 0 aromatic carbocycles. The van der Waals surface area contributed by atoms with Crippen LogP contribution in [0.2, 0.25) is 0 Å². The van der Waals surface area contributed by atoms with Crippen LogP contribution in [-0.2, 0) is 4.74 Å². The minimum absolute atomic E-state index is 0.105. The lowest BCUT2D eigenvalue weighted by Gasteiger charge is -2.35. The predicted octanol–water partition coefficient (Wildman–Crippen LogP) is 1.13. The molecule has 0 N–H and O–H groups in total. The molecule has 122 valence electrons. The molecule has 0 aliphatic carbocycles. The van der Waals surface area contributed by atoms with Gasteiger partial charge in [0.1, 0.15) is 4.88 Å². The molecule has 0 unspecified atom stereocenters. The van der Waals surface area contributed by atoms with Crippen molar-refractivity contribution in [2.45, 2.75) is 19.4 Å². The molecule has 2 aliphatic rings. The van der Waals surface area contributed by atoms with Crippen LogP contribution in [0.15, 0.2) is 0 Å². The van der Waals surface area contributed by atoms with E-state index in [-0.39, 0.29) is 11.9 Å². The second-order valence-electron chi connectivity index (χ2n) is 5.68. The topological polar surface area (TPSA) is 58.6 Å². The first kappa shape index (κ1) is 16.2. The number of thioether (sulfide) groups is 1. The second kappa shape index (κ2) is 7.72. The van der Waals surface area contributed by atoms with E-state index in [2.05, 4.69) is 19.4 Å². The summed E-state index contributed by atoms with van der Waals surface area (Å²) in [5.41, 5.74) is 0.747. The van der Waals surface area contributed by atoms with Gasteiger partial charge in [-0.25, -0.2) is 0 Å². The number of aromatic nitrogens is 2. The first-order chi connectivity index (χ1) is 10.8. The molecule has 2 fully saturated rings. The lowest BCUT2D eigenvalue weighted by Crippen LogP contribution is -2.50. The van der Waals surface area contributed by atoms with Crippen molar-refractivity contribution in [1.29, 1.82) is 0 Å². The van der Waals surface area contributed by atoms with E-state index in [1.54, 1.807) is 0 Å². The highest BCUT2D eigenvalue weighted by atomic mass is 32.2. The van der Waals surface area contributed by atoms with Crippen LogP contribution in [0.25, 0.3) is 0 Å². The van der Waals surface area contributed by atoms with Crippen molar-refractivity contribution in [2.75, 3.05) is 50.9 Å². The lowest BCUT2D eigenvalue weighted by molar-refractivity contribution is 0.0245. The average molecular weight is 342 g/mol. The van der Waals surface area contributed by atoms with Gasteiger partial charge in [0.25, 0.3) is 5.91 Å². The lowest BCUT2D eigenvalue weighted by atomic mass is 10.2. The van der Waals surface area contributed by atoms with E-state index in [0.717, 1.165) is 63.0 Å². The molecule has 3 heterocycles. The molecule has 1 atom stereocenters. The zero-order valence-electron chi connectivity index (χ0n) is 12.9. The largest absolute Gasteiger partial charge is 0.379 e. The van der Waals surface area contributed by atoms with Crippen LogP contribution in [-0.4, -0.2) is 82.2 Å². The van der Waals surface area contributed by atoms with Gasteiger partial charge in [-0.3, -0.25) is 9.69 Å². The summed E-state index contributed by atoms with van der Waals surface area (Å²) in [6.07, 6.45) is 1.06. The van der Waals surface area contributed by atoms with Gasteiger partial charge in [-0.15, -0.1) is 5.10 Å². The Kier molecular flexibility index (Phi) is 5.67. The number of morpholine rings is 1. The number of aryl methyl sites for hydroxylation is 1. The van der Waals surface area contributed by atoms with Gasteiger partial charge in [0.15, 0.2) is 0 Å². The van der Waals surface area contributed by atoms with Crippen LogP contribution in [0.4, 0.5) is 0 Å². The Morgan fingerprint density at radius 2 is 2.18 bits per heavy atom. The van der Waals surface area contributed by atoms with Gasteiger partial charge in [-0.2, -0.15) is 11.8 Å². The number of carbonyl (C=O) groups excluding carboxylic acids is 1. The molecule has 1 aromatic heterocycles. The minimum atomic E-state index is 0.105. The molecule has 0 bridgehead atoms. The van der Waals surface area contributed by atoms with Gasteiger partial charge < -0.3 is 9.64 Å². The van der Waals surface area contributed by atoms with Crippen LogP contribution in [0.3, 0.4) is 0 Å². The smallest absolute Gasteiger partial charge is 0.267 e. The van der Waals surface area contributed by atoms with Crippen molar-refractivity contribution in [2.24, 2.45) is 0 Å². The molecular weight excluding hydrogens is 320 g/mol. The highest BCUT2D eigenvalue weighted by molar-refractivity contribution is 7.99. The zero-order valence-corrected chi connectivity index (χ0v) is 14.5. The maximum Gasteiger partial charge on any atom is 0.267 e. The summed E-state index contributed by atoms with van der Waals surface area (Å²) < 4.78 is 9.33. The number of hydrogen-bond donors (Lipinski definition) is 0. The third-order valence-corrected chi connectivity index (χ3v) is 6.13. The number of carbonyl (C=O) groups is 1. The molecule has 0 saturated carbocycles. The Labute approximate surface area is 139 Å². The SMILES string of the molecule is Cc1nnsc1C(=O)N1CCCSC[C@H]1CN1CCOCC1. The second-order valence-corrected chi connectivity index (χ2v) is 7.59. The Morgan fingerprint density at radius 3 is 2.91 bits per heavy atom. The molecule has 3 rings (SSSR count). The molecule has 2 aliphatic heterocycles. The van der Waals surface area contributed by atoms with Gasteiger partial charge in [0.05, 0.1) is 24.9 Å². The highest BCUT2D eigenvalue weighted by Crippen LogP contribution is 2.22. The Hall–Kier alpha value is -0.700. The Balaban J connectivity index is 1.72. The van der Waals surface area contributed by atoms with Crippen LogP contribution >= 0.6 is 23.3 Å². The van der Waals surface area contributed by atoms with Crippen molar-refractivity contribution >= 4 is 29.2 Å². The van der Waals surface area contributed by atoms with E-state index >= 15 is 0 Å². The van der Waals surface area contributed by atoms with Crippen molar-refractivity contribution in [3.8, 4) is 0 Å². The quantitative estimate of drug-likeness (QED) is 0.821. The summed E-state index contributed by atoms with van der Waals surface area (Å²) in [5, 5.41) is 3.99. The van der Waals surface area contributed by atoms with Crippen molar-refractivity contribution in [1.82, 2.24) is 19.4 Å². The monoisotopic (exact) mass is 342 g/mol. The summed E-state index contributed by atoms with van der Waals surface area (Å²) in [5.74, 6) is 2.24. The molecule has 8 heteroatoms.